The molecule has 0 atom stereocenters. The number of hydrogen-bond acceptors (Lipinski definition) is 2. The first kappa shape index (κ1) is 20.4. The fourth-order valence-electron chi connectivity index (χ4n) is 3.37. The van der Waals surface area contributed by atoms with Gasteiger partial charge in [0.2, 0.25) is 0 Å². The van der Waals surface area contributed by atoms with Gasteiger partial charge in [-0.1, -0.05) is 47.5 Å². The number of alkyl halides is 3. The van der Waals surface area contributed by atoms with Crippen molar-refractivity contribution in [3.63, 3.8) is 0 Å². The van der Waals surface area contributed by atoms with Crippen LogP contribution in [0, 0.1) is 32.1 Å². The number of nitriles is 1. The maximum absolute atomic E-state index is 13.6. The summed E-state index contributed by atoms with van der Waals surface area (Å²) in [6.07, 6.45) is -4.80. The highest BCUT2D eigenvalue weighted by Gasteiger charge is 2.36. The Hall–Kier alpha value is -3.33. The normalized spacial score (nSPS) is 11.3. The summed E-state index contributed by atoms with van der Waals surface area (Å²) in [5.74, 6) is 0. The van der Waals surface area contributed by atoms with Gasteiger partial charge in [-0.3, -0.25) is 4.79 Å². The summed E-state index contributed by atoms with van der Waals surface area (Å²) < 4.78 is 41.9. The van der Waals surface area contributed by atoms with E-state index in [2.05, 4.69) is 0 Å². The first-order valence-electron chi connectivity index (χ1n) is 9.00. The summed E-state index contributed by atoms with van der Waals surface area (Å²) in [4.78, 5) is 13.0. The van der Waals surface area contributed by atoms with Crippen LogP contribution in [-0.4, -0.2) is 4.57 Å². The zero-order valence-electron chi connectivity index (χ0n) is 16.3. The molecule has 0 N–H and O–H groups in total. The number of hydrogen-bond donors (Lipinski definition) is 0. The lowest BCUT2D eigenvalue weighted by atomic mass is 10.0. The Bertz CT molecular complexity index is 1180. The molecule has 0 unspecified atom stereocenters. The highest BCUT2D eigenvalue weighted by atomic mass is 19.4. The van der Waals surface area contributed by atoms with Crippen LogP contribution in [0.2, 0.25) is 0 Å². The van der Waals surface area contributed by atoms with Gasteiger partial charge < -0.3 is 4.57 Å². The highest BCUT2D eigenvalue weighted by Crippen LogP contribution is 2.34. The molecule has 0 aliphatic carbocycles. The zero-order valence-corrected chi connectivity index (χ0v) is 16.3. The second-order valence-corrected chi connectivity index (χ2v) is 7.12. The fourth-order valence-corrected chi connectivity index (χ4v) is 3.37. The van der Waals surface area contributed by atoms with Gasteiger partial charge in [0.1, 0.15) is 11.6 Å². The Kier molecular flexibility index (Phi) is 5.34. The summed E-state index contributed by atoms with van der Waals surface area (Å²) in [7, 11) is 0. The van der Waals surface area contributed by atoms with E-state index in [0.717, 1.165) is 28.3 Å². The molecule has 0 radical (unpaired) electrons. The monoisotopic (exact) mass is 396 g/mol. The van der Waals surface area contributed by atoms with E-state index in [1.807, 2.05) is 45.0 Å². The maximum atomic E-state index is 13.6. The number of halogens is 3. The molecule has 3 nitrogen and oxygen atoms in total. The van der Waals surface area contributed by atoms with Gasteiger partial charge in [0.15, 0.2) is 0 Å². The van der Waals surface area contributed by atoms with Gasteiger partial charge in [-0.25, -0.2) is 0 Å². The average Bonchev–Trinajstić information content (AvgIpc) is 2.64. The quantitative estimate of drug-likeness (QED) is 0.597. The molecule has 3 rings (SSSR count). The molecule has 0 saturated heterocycles. The van der Waals surface area contributed by atoms with Gasteiger partial charge in [-0.2, -0.15) is 18.4 Å². The molecule has 29 heavy (non-hydrogen) atoms. The molecule has 0 saturated carbocycles. The van der Waals surface area contributed by atoms with E-state index in [4.69, 9.17) is 0 Å². The molecule has 0 bridgehead atoms. The molecule has 0 aliphatic heterocycles. The molecular weight excluding hydrogens is 377 g/mol. The van der Waals surface area contributed by atoms with Crippen LogP contribution in [0.5, 0.6) is 0 Å². The first-order valence-corrected chi connectivity index (χ1v) is 9.00. The van der Waals surface area contributed by atoms with Gasteiger partial charge in [0, 0.05) is 0 Å². The minimum Gasteiger partial charge on any atom is -0.303 e. The average molecular weight is 396 g/mol. The van der Waals surface area contributed by atoms with Crippen LogP contribution in [0.1, 0.15) is 33.4 Å². The van der Waals surface area contributed by atoms with Gasteiger partial charge in [0.25, 0.3) is 5.56 Å². The smallest absolute Gasteiger partial charge is 0.303 e. The summed E-state index contributed by atoms with van der Waals surface area (Å²) in [6.45, 7) is 5.72. The van der Waals surface area contributed by atoms with Crippen LogP contribution >= 0.6 is 0 Å². The fraction of sp³-hybridized carbons (Fsp3) is 0.217. The zero-order chi connectivity index (χ0) is 21.3. The van der Waals surface area contributed by atoms with Crippen molar-refractivity contribution in [1.29, 1.82) is 5.26 Å². The number of nitrogens with zero attached hydrogens (tertiary/aromatic N) is 2. The van der Waals surface area contributed by atoms with E-state index in [0.29, 0.717) is 5.56 Å². The van der Waals surface area contributed by atoms with E-state index in [1.165, 1.54) is 10.6 Å². The van der Waals surface area contributed by atoms with Crippen LogP contribution in [-0.2, 0) is 12.7 Å². The second-order valence-electron chi connectivity index (χ2n) is 7.12. The molecule has 1 aromatic heterocycles. The van der Waals surface area contributed by atoms with Crippen molar-refractivity contribution in [1.82, 2.24) is 4.57 Å². The third kappa shape index (κ3) is 4.09. The lowest BCUT2D eigenvalue weighted by Crippen LogP contribution is -2.29. The number of pyridine rings is 1. The molecule has 1 heterocycles. The third-order valence-electron chi connectivity index (χ3n) is 4.86. The van der Waals surface area contributed by atoms with Gasteiger partial charge in [-0.15, -0.1) is 0 Å². The third-order valence-corrected chi connectivity index (χ3v) is 4.86. The van der Waals surface area contributed by atoms with Crippen molar-refractivity contribution < 1.29 is 13.2 Å². The van der Waals surface area contributed by atoms with E-state index in [1.54, 1.807) is 18.2 Å². The summed E-state index contributed by atoms with van der Waals surface area (Å²) in [5, 5.41) is 9.29. The minimum atomic E-state index is -4.80. The van der Waals surface area contributed by atoms with Crippen LogP contribution < -0.4 is 5.56 Å². The maximum Gasteiger partial charge on any atom is 0.417 e. The predicted octanol–water partition coefficient (Wildman–Crippen LogP) is 5.38. The Morgan fingerprint density at radius 2 is 1.69 bits per heavy atom. The second kappa shape index (κ2) is 7.59. The standard InChI is InChI=1S/C23H19F3N2O/c1-14-5-4-6-17(10-14)21-11-20(23(24,25)26)19(12-27)22(29)28(21)13-18-8-7-15(2)9-16(18)3/h4-11H,13H2,1-3H3. The van der Waals surface area contributed by atoms with Crippen LogP contribution in [0.25, 0.3) is 11.3 Å². The molecule has 148 valence electrons. The van der Waals surface area contributed by atoms with E-state index in [-0.39, 0.29) is 12.2 Å². The van der Waals surface area contributed by atoms with E-state index >= 15 is 0 Å². The van der Waals surface area contributed by atoms with E-state index < -0.39 is 22.9 Å². The molecule has 0 amide bonds. The number of aromatic nitrogens is 1. The number of aryl methyl sites for hydroxylation is 3. The van der Waals surface area contributed by atoms with Crippen molar-refractivity contribution >= 4 is 0 Å². The highest BCUT2D eigenvalue weighted by molar-refractivity contribution is 5.63. The summed E-state index contributed by atoms with van der Waals surface area (Å²) >= 11 is 0. The molecule has 3 aromatic rings. The molecular formula is C23H19F3N2O. The number of rotatable bonds is 3. The van der Waals surface area contributed by atoms with Gasteiger partial charge in [-0.05, 0) is 49.6 Å². The Labute approximate surface area is 166 Å². The van der Waals surface area contributed by atoms with Crippen molar-refractivity contribution in [2.75, 3.05) is 0 Å². The van der Waals surface area contributed by atoms with E-state index in [9.17, 15) is 23.2 Å². The Morgan fingerprint density at radius 1 is 1.00 bits per heavy atom. The molecule has 6 heteroatoms. The molecule has 0 fully saturated rings. The van der Waals surface area contributed by atoms with Crippen LogP contribution in [0.3, 0.4) is 0 Å². The van der Waals surface area contributed by atoms with Crippen molar-refractivity contribution in [3.8, 4) is 17.3 Å². The van der Waals surface area contributed by atoms with Crippen molar-refractivity contribution in [2.45, 2.75) is 33.5 Å². The van der Waals surface area contributed by atoms with Gasteiger partial charge >= 0.3 is 6.18 Å². The number of benzene rings is 2. The topological polar surface area (TPSA) is 45.8 Å². The van der Waals surface area contributed by atoms with Crippen molar-refractivity contribution in [2.24, 2.45) is 0 Å². The SMILES string of the molecule is Cc1cccc(-c2cc(C(F)(F)F)c(C#N)c(=O)n2Cc2ccc(C)cc2C)c1. The van der Waals surface area contributed by atoms with Gasteiger partial charge in [0.05, 0.1) is 17.8 Å². The lowest BCUT2D eigenvalue weighted by Gasteiger charge is -2.19. The Balaban J connectivity index is 2.33. The summed E-state index contributed by atoms with van der Waals surface area (Å²) in [6, 6.07) is 15.0. The minimum absolute atomic E-state index is 0.0705. The Morgan fingerprint density at radius 3 is 2.28 bits per heavy atom. The molecule has 2 aromatic carbocycles. The van der Waals surface area contributed by atoms with Crippen LogP contribution in [0.4, 0.5) is 13.2 Å². The predicted molar refractivity (Wildman–Crippen MR) is 106 cm³/mol. The van der Waals surface area contributed by atoms with Crippen LogP contribution in [0.15, 0.2) is 53.3 Å². The lowest BCUT2D eigenvalue weighted by molar-refractivity contribution is -0.137. The summed E-state index contributed by atoms with van der Waals surface area (Å²) in [5.41, 5.74) is 1.19. The molecule has 0 aliphatic rings. The molecule has 0 spiro atoms. The first-order chi connectivity index (χ1) is 13.6. The largest absolute Gasteiger partial charge is 0.417 e. The van der Waals surface area contributed by atoms with Crippen molar-refractivity contribution in [3.05, 3.63) is 92.3 Å².